The number of nitrogens with zero attached hydrogens (tertiary/aromatic N) is 4. The topological polar surface area (TPSA) is 43.6 Å². The molecule has 21 heavy (non-hydrogen) atoms. The molecule has 0 N–H and O–H groups in total. The van der Waals surface area contributed by atoms with Gasteiger partial charge in [0.1, 0.15) is 0 Å². The standard InChI is InChI=1S/C15H13ClN4S/c1-11(12-5-3-2-4-6-12)21-15-17-18-19-20(15)14-9-7-13(16)8-10-14/h2-11H,1H3. The zero-order valence-corrected chi connectivity index (χ0v) is 12.9. The molecule has 3 rings (SSSR count). The fourth-order valence-electron chi connectivity index (χ4n) is 1.95. The summed E-state index contributed by atoms with van der Waals surface area (Å²) in [5, 5.41) is 13.7. The Hall–Kier alpha value is -1.85. The zero-order chi connectivity index (χ0) is 14.7. The molecule has 0 saturated carbocycles. The van der Waals surface area contributed by atoms with Gasteiger partial charge in [-0.15, -0.1) is 5.10 Å². The van der Waals surface area contributed by atoms with E-state index in [1.165, 1.54) is 5.56 Å². The summed E-state index contributed by atoms with van der Waals surface area (Å²) in [5.41, 5.74) is 2.14. The number of benzene rings is 2. The monoisotopic (exact) mass is 316 g/mol. The largest absolute Gasteiger partial charge is 0.214 e. The Bertz CT molecular complexity index is 712. The molecule has 1 unspecified atom stereocenters. The Kier molecular flexibility index (Phi) is 4.22. The molecular formula is C15H13ClN4S. The number of halogens is 1. The number of tetrazole rings is 1. The number of hydrogen-bond donors (Lipinski definition) is 0. The summed E-state index contributed by atoms with van der Waals surface area (Å²) >= 11 is 7.53. The summed E-state index contributed by atoms with van der Waals surface area (Å²) in [7, 11) is 0. The normalized spacial score (nSPS) is 12.3. The first-order chi connectivity index (χ1) is 10.2. The minimum Gasteiger partial charge on any atom is -0.187 e. The van der Waals surface area contributed by atoms with E-state index in [9.17, 15) is 0 Å². The Labute approximate surface area is 132 Å². The third-order valence-corrected chi connectivity index (χ3v) is 4.41. The second-order valence-corrected chi connectivity index (χ2v) is 6.26. The molecule has 0 radical (unpaired) electrons. The Balaban J connectivity index is 1.84. The lowest BCUT2D eigenvalue weighted by Crippen LogP contribution is -2.00. The van der Waals surface area contributed by atoms with Crippen LogP contribution >= 0.6 is 23.4 Å². The second-order valence-electron chi connectivity index (χ2n) is 4.52. The lowest BCUT2D eigenvalue weighted by Gasteiger charge is -2.11. The van der Waals surface area contributed by atoms with Crippen molar-refractivity contribution in [2.24, 2.45) is 0 Å². The van der Waals surface area contributed by atoms with Crippen molar-refractivity contribution in [1.82, 2.24) is 20.2 Å². The highest BCUT2D eigenvalue weighted by Gasteiger charge is 2.14. The first-order valence-electron chi connectivity index (χ1n) is 6.50. The molecule has 0 aliphatic carbocycles. The average molecular weight is 317 g/mol. The number of hydrogen-bond acceptors (Lipinski definition) is 4. The molecule has 0 amide bonds. The highest BCUT2D eigenvalue weighted by Crippen LogP contribution is 2.33. The van der Waals surface area contributed by atoms with Gasteiger partial charge in [0.2, 0.25) is 5.16 Å². The van der Waals surface area contributed by atoms with Crippen LogP contribution in [0.5, 0.6) is 0 Å². The van der Waals surface area contributed by atoms with Crippen molar-refractivity contribution in [3.63, 3.8) is 0 Å². The van der Waals surface area contributed by atoms with Crippen LogP contribution in [-0.4, -0.2) is 20.2 Å². The molecule has 2 aromatic carbocycles. The predicted octanol–water partition coefficient (Wildman–Crippen LogP) is 4.17. The summed E-state index contributed by atoms with van der Waals surface area (Å²) in [5.74, 6) is 0. The first-order valence-corrected chi connectivity index (χ1v) is 7.76. The van der Waals surface area contributed by atoms with Crippen LogP contribution in [0, 0.1) is 0 Å². The SMILES string of the molecule is CC(Sc1nnnn1-c1ccc(Cl)cc1)c1ccccc1. The molecular weight excluding hydrogens is 304 g/mol. The Morgan fingerprint density at radius 2 is 1.76 bits per heavy atom. The van der Waals surface area contributed by atoms with E-state index in [-0.39, 0.29) is 5.25 Å². The number of rotatable bonds is 4. The molecule has 106 valence electrons. The van der Waals surface area contributed by atoms with Gasteiger partial charge < -0.3 is 0 Å². The number of aromatic nitrogens is 4. The molecule has 4 nitrogen and oxygen atoms in total. The maximum absolute atomic E-state index is 5.91. The van der Waals surface area contributed by atoms with E-state index < -0.39 is 0 Å². The molecule has 3 aromatic rings. The summed E-state index contributed by atoms with van der Waals surface area (Å²) in [6, 6.07) is 17.7. The van der Waals surface area contributed by atoms with Crippen molar-refractivity contribution in [3.05, 3.63) is 65.2 Å². The van der Waals surface area contributed by atoms with Crippen LogP contribution in [0.15, 0.2) is 59.8 Å². The fourth-order valence-corrected chi connectivity index (χ4v) is 3.01. The van der Waals surface area contributed by atoms with Gasteiger partial charge in [0.25, 0.3) is 0 Å². The second kappa shape index (κ2) is 6.28. The summed E-state index contributed by atoms with van der Waals surface area (Å²) in [6.07, 6.45) is 0. The quantitative estimate of drug-likeness (QED) is 0.678. The zero-order valence-electron chi connectivity index (χ0n) is 11.3. The van der Waals surface area contributed by atoms with E-state index >= 15 is 0 Å². The van der Waals surface area contributed by atoms with Crippen molar-refractivity contribution in [2.45, 2.75) is 17.3 Å². The van der Waals surface area contributed by atoms with Gasteiger partial charge in [0.15, 0.2) is 0 Å². The molecule has 0 spiro atoms. The summed E-state index contributed by atoms with van der Waals surface area (Å²) in [6.45, 7) is 2.14. The molecule has 1 heterocycles. The molecule has 1 atom stereocenters. The maximum Gasteiger partial charge on any atom is 0.214 e. The molecule has 0 saturated heterocycles. The molecule has 1 aromatic heterocycles. The third kappa shape index (κ3) is 3.25. The fraction of sp³-hybridized carbons (Fsp3) is 0.133. The minimum absolute atomic E-state index is 0.267. The van der Waals surface area contributed by atoms with Gasteiger partial charge in [0.05, 0.1) is 5.69 Å². The van der Waals surface area contributed by atoms with Crippen molar-refractivity contribution < 1.29 is 0 Å². The van der Waals surface area contributed by atoms with Gasteiger partial charge in [-0.2, -0.15) is 4.68 Å². The van der Waals surface area contributed by atoms with Crippen molar-refractivity contribution >= 4 is 23.4 Å². The van der Waals surface area contributed by atoms with E-state index in [1.807, 2.05) is 42.5 Å². The van der Waals surface area contributed by atoms with Crippen molar-refractivity contribution in [2.75, 3.05) is 0 Å². The third-order valence-electron chi connectivity index (χ3n) is 3.06. The van der Waals surface area contributed by atoms with E-state index in [0.717, 1.165) is 10.8 Å². The number of thioether (sulfide) groups is 1. The maximum atomic E-state index is 5.91. The molecule has 0 bridgehead atoms. The van der Waals surface area contributed by atoms with Crippen LogP contribution in [0.4, 0.5) is 0 Å². The Morgan fingerprint density at radius 1 is 1.05 bits per heavy atom. The predicted molar refractivity (Wildman–Crippen MR) is 84.9 cm³/mol. The van der Waals surface area contributed by atoms with Crippen molar-refractivity contribution in [1.29, 1.82) is 0 Å². The first kappa shape index (κ1) is 14.1. The van der Waals surface area contributed by atoms with E-state index in [2.05, 4.69) is 34.6 Å². The van der Waals surface area contributed by atoms with Crippen LogP contribution < -0.4 is 0 Å². The van der Waals surface area contributed by atoms with Crippen LogP contribution in [0.3, 0.4) is 0 Å². The van der Waals surface area contributed by atoms with Crippen LogP contribution in [0.25, 0.3) is 5.69 Å². The van der Waals surface area contributed by atoms with Gasteiger partial charge in [0, 0.05) is 10.3 Å². The lowest BCUT2D eigenvalue weighted by molar-refractivity contribution is 0.755. The lowest BCUT2D eigenvalue weighted by atomic mass is 10.2. The smallest absolute Gasteiger partial charge is 0.187 e. The summed E-state index contributed by atoms with van der Waals surface area (Å²) in [4.78, 5) is 0. The molecule has 0 aliphatic heterocycles. The summed E-state index contributed by atoms with van der Waals surface area (Å²) < 4.78 is 1.72. The molecule has 0 aliphatic rings. The molecule has 6 heteroatoms. The average Bonchev–Trinajstić information content (AvgIpc) is 2.97. The van der Waals surface area contributed by atoms with Gasteiger partial charge in [-0.25, -0.2) is 0 Å². The van der Waals surface area contributed by atoms with E-state index in [4.69, 9.17) is 11.6 Å². The van der Waals surface area contributed by atoms with Crippen LogP contribution in [0.1, 0.15) is 17.7 Å². The van der Waals surface area contributed by atoms with Gasteiger partial charge in [-0.3, -0.25) is 0 Å². The highest BCUT2D eigenvalue weighted by molar-refractivity contribution is 7.99. The van der Waals surface area contributed by atoms with Crippen LogP contribution in [-0.2, 0) is 0 Å². The van der Waals surface area contributed by atoms with Gasteiger partial charge in [-0.05, 0) is 47.2 Å². The van der Waals surface area contributed by atoms with E-state index in [1.54, 1.807) is 16.4 Å². The molecule has 0 fully saturated rings. The van der Waals surface area contributed by atoms with E-state index in [0.29, 0.717) is 5.02 Å². The van der Waals surface area contributed by atoms with Crippen molar-refractivity contribution in [3.8, 4) is 5.69 Å². The highest BCUT2D eigenvalue weighted by atomic mass is 35.5. The van der Waals surface area contributed by atoms with Gasteiger partial charge >= 0.3 is 0 Å². The van der Waals surface area contributed by atoms with Gasteiger partial charge in [-0.1, -0.05) is 53.7 Å². The Morgan fingerprint density at radius 3 is 2.48 bits per heavy atom. The minimum atomic E-state index is 0.267. The van der Waals surface area contributed by atoms with Crippen LogP contribution in [0.2, 0.25) is 5.02 Å².